The molecule has 2 aliphatic rings. The van der Waals surface area contributed by atoms with Gasteiger partial charge < -0.3 is 19.7 Å². The van der Waals surface area contributed by atoms with Crippen LogP contribution in [0, 0.1) is 0 Å². The molecule has 148 valence electrons. The van der Waals surface area contributed by atoms with Gasteiger partial charge in [-0.1, -0.05) is 12.1 Å². The van der Waals surface area contributed by atoms with E-state index in [9.17, 15) is 9.59 Å². The Morgan fingerprint density at radius 2 is 2.14 bits per heavy atom. The van der Waals surface area contributed by atoms with Crippen molar-refractivity contribution >= 4 is 17.5 Å². The number of benzene rings is 1. The predicted molar refractivity (Wildman–Crippen MR) is 103 cm³/mol. The molecule has 0 saturated heterocycles. The van der Waals surface area contributed by atoms with Gasteiger partial charge in [-0.15, -0.1) is 0 Å². The molecule has 0 saturated carbocycles. The fourth-order valence-electron chi connectivity index (χ4n) is 3.68. The number of hydrogen-bond donors (Lipinski definition) is 2. The molecule has 1 aromatic heterocycles. The average Bonchev–Trinajstić information content (AvgIpc) is 2.92. The van der Waals surface area contributed by atoms with Crippen molar-refractivity contribution in [3.63, 3.8) is 0 Å². The molecule has 8 nitrogen and oxygen atoms in total. The van der Waals surface area contributed by atoms with E-state index in [4.69, 9.17) is 9.47 Å². The summed E-state index contributed by atoms with van der Waals surface area (Å²) in [6, 6.07) is 6.51. The number of amides is 2. The Morgan fingerprint density at radius 1 is 1.36 bits per heavy atom. The minimum atomic E-state index is -0.799. The first-order valence-corrected chi connectivity index (χ1v) is 9.36. The summed E-state index contributed by atoms with van der Waals surface area (Å²) in [5, 5.41) is 9.97. The zero-order chi connectivity index (χ0) is 19.9. The number of carbonyl (C=O) groups excluding carboxylic acids is 2. The van der Waals surface area contributed by atoms with Crippen molar-refractivity contribution in [1.82, 2.24) is 15.5 Å². The van der Waals surface area contributed by atoms with Crippen molar-refractivity contribution < 1.29 is 19.1 Å². The molecule has 0 unspecified atom stereocenters. The Hall–Kier alpha value is -2.87. The molecule has 28 heavy (non-hydrogen) atoms. The van der Waals surface area contributed by atoms with Gasteiger partial charge in [0.05, 0.1) is 17.9 Å². The zero-order valence-electron chi connectivity index (χ0n) is 16.2. The molecule has 0 spiro atoms. The number of aromatic nitrogens is 2. The topological polar surface area (TPSA) is 96.6 Å². The van der Waals surface area contributed by atoms with E-state index in [1.165, 1.54) is 4.90 Å². The van der Waals surface area contributed by atoms with Crippen LogP contribution in [0.3, 0.4) is 0 Å². The molecule has 2 aromatic rings. The number of nitrogens with one attached hydrogen (secondary N) is 2. The normalized spacial score (nSPS) is 21.0. The van der Waals surface area contributed by atoms with Gasteiger partial charge in [-0.05, 0) is 26.0 Å². The second-order valence-corrected chi connectivity index (χ2v) is 7.77. The van der Waals surface area contributed by atoms with E-state index in [1.807, 2.05) is 32.0 Å². The molecule has 2 amide bonds. The summed E-state index contributed by atoms with van der Waals surface area (Å²) < 4.78 is 11.6. The van der Waals surface area contributed by atoms with Crippen molar-refractivity contribution in [3.05, 3.63) is 41.2 Å². The molecule has 0 aliphatic carbocycles. The molecule has 1 aromatic carbocycles. The van der Waals surface area contributed by atoms with Gasteiger partial charge in [0.15, 0.2) is 5.69 Å². The summed E-state index contributed by atoms with van der Waals surface area (Å²) in [5.74, 6) is -0.0114. The third-order valence-electron chi connectivity index (χ3n) is 5.18. The third kappa shape index (κ3) is 3.35. The number of ether oxygens (including phenoxy) is 2. The third-order valence-corrected chi connectivity index (χ3v) is 5.18. The Labute approximate surface area is 163 Å². The van der Waals surface area contributed by atoms with Gasteiger partial charge in [-0.25, -0.2) is 0 Å². The van der Waals surface area contributed by atoms with Gasteiger partial charge in [0.2, 0.25) is 0 Å². The number of H-pyrrole nitrogens is 1. The Kier molecular flexibility index (Phi) is 4.58. The molecule has 4 rings (SSSR count). The maximum Gasteiger partial charge on any atom is 0.272 e. The molecule has 0 fully saturated rings. The van der Waals surface area contributed by atoms with Gasteiger partial charge in [-0.2, -0.15) is 5.10 Å². The molecule has 2 aliphatic heterocycles. The van der Waals surface area contributed by atoms with Crippen LogP contribution in [-0.2, 0) is 22.4 Å². The first-order chi connectivity index (χ1) is 13.4. The summed E-state index contributed by atoms with van der Waals surface area (Å²) in [7, 11) is 1.68. The number of carbonyl (C=O) groups is 2. The van der Waals surface area contributed by atoms with Crippen LogP contribution in [-0.4, -0.2) is 53.9 Å². The second kappa shape index (κ2) is 6.94. The van der Waals surface area contributed by atoms with Crippen molar-refractivity contribution in [2.75, 3.05) is 25.2 Å². The van der Waals surface area contributed by atoms with E-state index in [1.54, 1.807) is 13.1 Å². The molecule has 8 heteroatoms. The van der Waals surface area contributed by atoms with Crippen LogP contribution in [0.15, 0.2) is 24.3 Å². The summed E-state index contributed by atoms with van der Waals surface area (Å²) in [6.45, 7) is 4.62. The largest absolute Gasteiger partial charge is 0.489 e. The highest BCUT2D eigenvalue weighted by atomic mass is 16.5. The van der Waals surface area contributed by atoms with E-state index in [-0.39, 0.29) is 18.1 Å². The van der Waals surface area contributed by atoms with E-state index in [2.05, 4.69) is 15.5 Å². The summed E-state index contributed by atoms with van der Waals surface area (Å²) in [4.78, 5) is 27.3. The summed E-state index contributed by atoms with van der Waals surface area (Å²) in [6.07, 6.45) is 1.24. The highest BCUT2D eigenvalue weighted by molar-refractivity contribution is 6.03. The van der Waals surface area contributed by atoms with E-state index >= 15 is 0 Å². The molecule has 1 atom stereocenters. The molecule has 0 radical (unpaired) electrons. The number of likely N-dealkylation sites (N-methyl/N-ethyl adjacent to an activating group) is 1. The lowest BCUT2D eigenvalue weighted by molar-refractivity contribution is -0.120. The SMILES string of the molecule is CN1C(=O)[C@@H](NC(=O)c2n[nH]c3c2CC(C)(C)OCC3)COc2ccccc21. The monoisotopic (exact) mass is 384 g/mol. The van der Waals surface area contributed by atoms with Crippen molar-refractivity contribution in [2.45, 2.75) is 38.3 Å². The number of aromatic amines is 1. The predicted octanol–water partition coefficient (Wildman–Crippen LogP) is 1.46. The second-order valence-electron chi connectivity index (χ2n) is 7.77. The smallest absolute Gasteiger partial charge is 0.272 e. The number of rotatable bonds is 2. The molecule has 2 N–H and O–H groups in total. The van der Waals surface area contributed by atoms with Gasteiger partial charge in [0.25, 0.3) is 11.8 Å². The summed E-state index contributed by atoms with van der Waals surface area (Å²) in [5.41, 5.74) is 2.36. The highest BCUT2D eigenvalue weighted by Crippen LogP contribution is 2.30. The van der Waals surface area contributed by atoms with Crippen molar-refractivity contribution in [1.29, 1.82) is 0 Å². The minimum Gasteiger partial charge on any atom is -0.489 e. The van der Waals surface area contributed by atoms with Gasteiger partial charge in [0.1, 0.15) is 18.4 Å². The molecular weight excluding hydrogens is 360 g/mol. The van der Waals surface area contributed by atoms with E-state index < -0.39 is 11.9 Å². The van der Waals surface area contributed by atoms with E-state index in [0.717, 1.165) is 11.3 Å². The first-order valence-electron chi connectivity index (χ1n) is 9.36. The maximum absolute atomic E-state index is 12.9. The van der Waals surface area contributed by atoms with Crippen LogP contribution in [0.4, 0.5) is 5.69 Å². The number of anilines is 1. The lowest BCUT2D eigenvalue weighted by Gasteiger charge is -2.23. The van der Waals surface area contributed by atoms with Crippen LogP contribution < -0.4 is 15.0 Å². The lowest BCUT2D eigenvalue weighted by atomic mass is 9.96. The van der Waals surface area contributed by atoms with Crippen LogP contribution >= 0.6 is 0 Å². The Bertz CT molecular complexity index is 921. The van der Waals surface area contributed by atoms with Crippen LogP contribution in [0.1, 0.15) is 35.6 Å². The van der Waals surface area contributed by atoms with Crippen molar-refractivity contribution in [3.8, 4) is 5.75 Å². The number of nitrogens with zero attached hydrogens (tertiary/aromatic N) is 2. The van der Waals surface area contributed by atoms with Crippen LogP contribution in [0.2, 0.25) is 0 Å². The first kappa shape index (κ1) is 18.5. The molecule has 3 heterocycles. The Balaban J connectivity index is 1.55. The van der Waals surface area contributed by atoms with Gasteiger partial charge in [0, 0.05) is 31.1 Å². The van der Waals surface area contributed by atoms with Crippen LogP contribution in [0.25, 0.3) is 0 Å². The van der Waals surface area contributed by atoms with Crippen molar-refractivity contribution in [2.24, 2.45) is 0 Å². The molecule has 0 bridgehead atoms. The van der Waals surface area contributed by atoms with E-state index in [0.29, 0.717) is 36.6 Å². The van der Waals surface area contributed by atoms with Crippen LogP contribution in [0.5, 0.6) is 5.75 Å². The maximum atomic E-state index is 12.9. The Morgan fingerprint density at radius 3 is 2.96 bits per heavy atom. The fourth-order valence-corrected chi connectivity index (χ4v) is 3.68. The summed E-state index contributed by atoms with van der Waals surface area (Å²) >= 11 is 0. The minimum absolute atomic E-state index is 0.0626. The quantitative estimate of drug-likeness (QED) is 0.817. The average molecular weight is 384 g/mol. The van der Waals surface area contributed by atoms with Gasteiger partial charge in [-0.3, -0.25) is 14.7 Å². The zero-order valence-corrected chi connectivity index (χ0v) is 16.2. The standard InChI is InChI=1S/C20H24N4O4/c1-20(2)10-12-13(8-9-28-20)22-23-17(12)18(25)21-14-11-27-16-7-5-4-6-15(16)24(3)19(14)26/h4-7,14H,8-11H2,1-3H3,(H,21,25)(H,22,23)/t14-/m0/s1. The fraction of sp³-hybridized carbons (Fsp3) is 0.450. The number of fused-ring (bicyclic) bond motifs is 2. The number of hydrogen-bond acceptors (Lipinski definition) is 5. The highest BCUT2D eigenvalue weighted by Gasteiger charge is 2.34. The van der Waals surface area contributed by atoms with Gasteiger partial charge >= 0.3 is 0 Å². The lowest BCUT2D eigenvalue weighted by Crippen LogP contribution is -2.49. The molecular formula is C20H24N4O4. The number of para-hydroxylation sites is 2.